The van der Waals surface area contributed by atoms with Crippen LogP contribution in [0.15, 0.2) is 0 Å². The zero-order valence-electron chi connectivity index (χ0n) is 10.1. The van der Waals surface area contributed by atoms with E-state index in [1.807, 2.05) is 7.05 Å². The summed E-state index contributed by atoms with van der Waals surface area (Å²) in [6, 6.07) is 0.663. The molecule has 2 atom stereocenters. The monoisotopic (exact) mass is 215 g/mol. The predicted molar refractivity (Wildman–Crippen MR) is 62.2 cm³/mol. The lowest BCUT2D eigenvalue weighted by molar-refractivity contribution is 0.00660. The van der Waals surface area contributed by atoms with Gasteiger partial charge < -0.3 is 14.8 Å². The lowest BCUT2D eigenvalue weighted by Crippen LogP contribution is -2.23. The van der Waals surface area contributed by atoms with Crippen LogP contribution in [-0.4, -0.2) is 39.0 Å². The highest BCUT2D eigenvalue weighted by atomic mass is 16.5. The van der Waals surface area contributed by atoms with E-state index in [2.05, 4.69) is 12.2 Å². The molecule has 1 aliphatic rings. The number of hydrogen-bond acceptors (Lipinski definition) is 3. The molecule has 15 heavy (non-hydrogen) atoms. The molecule has 1 aliphatic carbocycles. The van der Waals surface area contributed by atoms with Crippen LogP contribution in [0.2, 0.25) is 0 Å². The van der Waals surface area contributed by atoms with Crippen LogP contribution in [0.25, 0.3) is 0 Å². The van der Waals surface area contributed by atoms with Crippen molar-refractivity contribution in [1.29, 1.82) is 0 Å². The summed E-state index contributed by atoms with van der Waals surface area (Å²) in [4.78, 5) is 0. The molecule has 0 amide bonds. The molecule has 3 nitrogen and oxygen atoms in total. The summed E-state index contributed by atoms with van der Waals surface area (Å²) in [5.74, 6) is 0. The molecule has 1 fully saturated rings. The first-order valence-corrected chi connectivity index (χ1v) is 6.23. The Labute approximate surface area is 93.5 Å². The van der Waals surface area contributed by atoms with Crippen LogP contribution >= 0.6 is 0 Å². The summed E-state index contributed by atoms with van der Waals surface area (Å²) in [5.41, 5.74) is 0. The first-order valence-electron chi connectivity index (χ1n) is 6.23. The van der Waals surface area contributed by atoms with Crippen LogP contribution in [0.3, 0.4) is 0 Å². The molecule has 90 valence electrons. The fourth-order valence-electron chi connectivity index (χ4n) is 1.98. The SMILES string of the molecule is CCCCOCCOC1CCC(NC)C1. The highest BCUT2D eigenvalue weighted by molar-refractivity contribution is 4.79. The Morgan fingerprint density at radius 2 is 2.07 bits per heavy atom. The number of unbranched alkanes of at least 4 members (excludes halogenated alkanes) is 1. The molecule has 0 heterocycles. The predicted octanol–water partition coefficient (Wildman–Crippen LogP) is 1.96. The van der Waals surface area contributed by atoms with E-state index in [1.54, 1.807) is 0 Å². The Balaban J connectivity index is 1.88. The van der Waals surface area contributed by atoms with Gasteiger partial charge in [-0.25, -0.2) is 0 Å². The van der Waals surface area contributed by atoms with Gasteiger partial charge in [0.2, 0.25) is 0 Å². The summed E-state index contributed by atoms with van der Waals surface area (Å²) in [5, 5.41) is 3.30. The van der Waals surface area contributed by atoms with Gasteiger partial charge in [-0.05, 0) is 32.7 Å². The third kappa shape index (κ3) is 5.50. The van der Waals surface area contributed by atoms with Gasteiger partial charge in [0.15, 0.2) is 0 Å². The summed E-state index contributed by atoms with van der Waals surface area (Å²) in [6.07, 6.45) is 6.42. The van der Waals surface area contributed by atoms with Crippen LogP contribution in [0, 0.1) is 0 Å². The van der Waals surface area contributed by atoms with Gasteiger partial charge in [-0.2, -0.15) is 0 Å². The van der Waals surface area contributed by atoms with E-state index in [-0.39, 0.29) is 0 Å². The Morgan fingerprint density at radius 3 is 2.73 bits per heavy atom. The Morgan fingerprint density at radius 1 is 1.20 bits per heavy atom. The largest absolute Gasteiger partial charge is 0.379 e. The van der Waals surface area contributed by atoms with Gasteiger partial charge in [0, 0.05) is 12.6 Å². The highest BCUT2D eigenvalue weighted by Crippen LogP contribution is 2.21. The second-order valence-electron chi connectivity index (χ2n) is 4.26. The molecule has 0 aliphatic heterocycles. The first kappa shape index (κ1) is 12.9. The molecule has 0 bridgehead atoms. The molecule has 1 saturated carbocycles. The summed E-state index contributed by atoms with van der Waals surface area (Å²) >= 11 is 0. The van der Waals surface area contributed by atoms with E-state index in [9.17, 15) is 0 Å². The Hall–Kier alpha value is -0.120. The quantitative estimate of drug-likeness (QED) is 0.628. The van der Waals surface area contributed by atoms with Crippen molar-refractivity contribution in [2.24, 2.45) is 0 Å². The average molecular weight is 215 g/mol. The van der Waals surface area contributed by atoms with Crippen LogP contribution in [-0.2, 0) is 9.47 Å². The second-order valence-corrected chi connectivity index (χ2v) is 4.26. The van der Waals surface area contributed by atoms with Crippen molar-refractivity contribution in [1.82, 2.24) is 5.32 Å². The number of rotatable bonds is 8. The normalized spacial score (nSPS) is 26.0. The van der Waals surface area contributed by atoms with Crippen molar-refractivity contribution in [3.05, 3.63) is 0 Å². The minimum absolute atomic E-state index is 0.456. The highest BCUT2D eigenvalue weighted by Gasteiger charge is 2.23. The first-order chi connectivity index (χ1) is 7.36. The third-order valence-corrected chi connectivity index (χ3v) is 3.02. The van der Waals surface area contributed by atoms with Crippen molar-refractivity contribution in [2.75, 3.05) is 26.9 Å². The smallest absolute Gasteiger partial charge is 0.0704 e. The molecule has 0 radical (unpaired) electrons. The maximum absolute atomic E-state index is 5.75. The van der Waals surface area contributed by atoms with Crippen molar-refractivity contribution in [3.63, 3.8) is 0 Å². The molecule has 1 rings (SSSR count). The molecule has 0 saturated heterocycles. The van der Waals surface area contributed by atoms with Crippen LogP contribution in [0.4, 0.5) is 0 Å². The van der Waals surface area contributed by atoms with Crippen molar-refractivity contribution >= 4 is 0 Å². The van der Waals surface area contributed by atoms with Gasteiger partial charge in [-0.1, -0.05) is 13.3 Å². The molecule has 2 unspecified atom stereocenters. The van der Waals surface area contributed by atoms with Crippen LogP contribution in [0.5, 0.6) is 0 Å². The topological polar surface area (TPSA) is 30.5 Å². The molecule has 0 aromatic carbocycles. The molecule has 1 N–H and O–H groups in total. The van der Waals surface area contributed by atoms with Gasteiger partial charge >= 0.3 is 0 Å². The molecular weight excluding hydrogens is 190 g/mol. The van der Waals surface area contributed by atoms with Gasteiger partial charge in [-0.3, -0.25) is 0 Å². The van der Waals surface area contributed by atoms with Crippen molar-refractivity contribution in [2.45, 2.75) is 51.2 Å². The summed E-state index contributed by atoms with van der Waals surface area (Å²) < 4.78 is 11.2. The standard InChI is InChI=1S/C12H25NO2/c1-3-4-7-14-8-9-15-12-6-5-11(10-12)13-2/h11-13H,3-10H2,1-2H3. The van der Waals surface area contributed by atoms with E-state index in [0.29, 0.717) is 12.1 Å². The second kappa shape index (κ2) is 8.08. The van der Waals surface area contributed by atoms with E-state index in [4.69, 9.17) is 9.47 Å². The fourth-order valence-corrected chi connectivity index (χ4v) is 1.98. The molecule has 3 heteroatoms. The van der Waals surface area contributed by atoms with Crippen molar-refractivity contribution in [3.8, 4) is 0 Å². The van der Waals surface area contributed by atoms with E-state index in [1.165, 1.54) is 19.3 Å². The molecular formula is C12H25NO2. The van der Waals surface area contributed by atoms with E-state index < -0.39 is 0 Å². The zero-order chi connectivity index (χ0) is 10.9. The van der Waals surface area contributed by atoms with Crippen LogP contribution in [0.1, 0.15) is 39.0 Å². The summed E-state index contributed by atoms with van der Waals surface area (Å²) in [7, 11) is 2.03. The Kier molecular flexibility index (Phi) is 6.98. The molecule has 0 spiro atoms. The minimum Gasteiger partial charge on any atom is -0.379 e. The van der Waals surface area contributed by atoms with Gasteiger partial charge in [0.1, 0.15) is 0 Å². The maximum Gasteiger partial charge on any atom is 0.0704 e. The summed E-state index contributed by atoms with van der Waals surface area (Å²) in [6.45, 7) is 4.56. The number of nitrogens with one attached hydrogen (secondary N) is 1. The van der Waals surface area contributed by atoms with Gasteiger partial charge in [-0.15, -0.1) is 0 Å². The third-order valence-electron chi connectivity index (χ3n) is 3.02. The van der Waals surface area contributed by atoms with Gasteiger partial charge in [0.25, 0.3) is 0 Å². The maximum atomic E-state index is 5.75. The minimum atomic E-state index is 0.456. The Bertz CT molecular complexity index is 153. The van der Waals surface area contributed by atoms with E-state index in [0.717, 1.165) is 32.7 Å². The van der Waals surface area contributed by atoms with Crippen LogP contribution < -0.4 is 5.32 Å². The fraction of sp³-hybridized carbons (Fsp3) is 1.00. The van der Waals surface area contributed by atoms with Crippen molar-refractivity contribution < 1.29 is 9.47 Å². The lowest BCUT2D eigenvalue weighted by Gasteiger charge is -2.12. The lowest BCUT2D eigenvalue weighted by atomic mass is 10.2. The molecule has 0 aromatic heterocycles. The number of ether oxygens (including phenoxy) is 2. The number of hydrogen-bond donors (Lipinski definition) is 1. The molecule has 0 aromatic rings. The zero-order valence-corrected chi connectivity index (χ0v) is 10.1. The van der Waals surface area contributed by atoms with E-state index >= 15 is 0 Å². The van der Waals surface area contributed by atoms with Gasteiger partial charge in [0.05, 0.1) is 19.3 Å². The average Bonchev–Trinajstić information content (AvgIpc) is 2.71.